The third-order valence-corrected chi connectivity index (χ3v) is 4.68. The molecular weight excluding hydrogens is 350 g/mol. The molecule has 146 valence electrons. The van der Waals surface area contributed by atoms with Gasteiger partial charge in [0.25, 0.3) is 5.91 Å². The zero-order valence-electron chi connectivity index (χ0n) is 16.8. The molecule has 0 saturated heterocycles. The van der Waals surface area contributed by atoms with Crippen molar-refractivity contribution in [3.8, 4) is 5.75 Å². The number of carbonyl (C=O) groups is 1. The molecule has 1 aliphatic heterocycles. The number of aryl methyl sites for hydroxylation is 1. The van der Waals surface area contributed by atoms with Crippen LogP contribution in [0.15, 0.2) is 64.6 Å². The first-order valence-electron chi connectivity index (χ1n) is 9.68. The SMILES string of the molecule is Cc1ccc(OCC(=O)N(CCC2=NC(c3ccccc3)=NC2)C(C)C)cc1. The van der Waals surface area contributed by atoms with Gasteiger partial charge >= 0.3 is 0 Å². The molecule has 0 aliphatic carbocycles. The summed E-state index contributed by atoms with van der Waals surface area (Å²) in [5.74, 6) is 1.47. The van der Waals surface area contributed by atoms with Crippen molar-refractivity contribution in [1.82, 2.24) is 4.90 Å². The molecule has 0 bridgehead atoms. The number of hydrogen-bond acceptors (Lipinski definition) is 4. The number of amides is 1. The average molecular weight is 377 g/mol. The van der Waals surface area contributed by atoms with Crippen molar-refractivity contribution in [1.29, 1.82) is 0 Å². The molecule has 5 nitrogen and oxygen atoms in total. The maximum Gasteiger partial charge on any atom is 0.260 e. The van der Waals surface area contributed by atoms with Crippen LogP contribution < -0.4 is 4.74 Å². The van der Waals surface area contributed by atoms with Crippen LogP contribution >= 0.6 is 0 Å². The highest BCUT2D eigenvalue weighted by Gasteiger charge is 2.19. The molecule has 1 amide bonds. The van der Waals surface area contributed by atoms with Gasteiger partial charge in [-0.3, -0.25) is 9.79 Å². The number of aliphatic imine (C=N–C) groups is 2. The highest BCUT2D eigenvalue weighted by molar-refractivity contribution is 6.11. The van der Waals surface area contributed by atoms with Crippen molar-refractivity contribution in [2.24, 2.45) is 9.98 Å². The molecule has 0 atom stereocenters. The number of carbonyl (C=O) groups excluding carboxylic acids is 1. The summed E-state index contributed by atoms with van der Waals surface area (Å²) in [7, 11) is 0. The molecule has 0 N–H and O–H groups in total. The van der Waals surface area contributed by atoms with E-state index < -0.39 is 0 Å². The first kappa shape index (κ1) is 19.8. The second kappa shape index (κ2) is 9.31. The molecule has 0 unspecified atom stereocenters. The van der Waals surface area contributed by atoms with Gasteiger partial charge in [-0.05, 0) is 32.9 Å². The van der Waals surface area contributed by atoms with Crippen LogP contribution in [0.2, 0.25) is 0 Å². The number of benzene rings is 2. The van der Waals surface area contributed by atoms with Crippen LogP contribution in [0, 0.1) is 6.92 Å². The Hall–Kier alpha value is -2.95. The van der Waals surface area contributed by atoms with Crippen LogP contribution in [0.1, 0.15) is 31.4 Å². The summed E-state index contributed by atoms with van der Waals surface area (Å²) in [6.07, 6.45) is 0.717. The topological polar surface area (TPSA) is 54.3 Å². The molecule has 0 radical (unpaired) electrons. The molecule has 0 fully saturated rings. The van der Waals surface area contributed by atoms with E-state index in [1.165, 1.54) is 0 Å². The minimum Gasteiger partial charge on any atom is -0.484 e. The fourth-order valence-corrected chi connectivity index (χ4v) is 3.05. The quantitative estimate of drug-likeness (QED) is 0.700. The summed E-state index contributed by atoms with van der Waals surface area (Å²) in [6, 6.07) is 17.8. The standard InChI is InChI=1S/C23H27N3O2/c1-17(2)26(22(27)16-28-21-11-9-18(3)10-12-21)14-13-20-15-24-23(25-20)19-7-5-4-6-8-19/h4-12,17H,13-16H2,1-3H3. The van der Waals surface area contributed by atoms with E-state index in [0.29, 0.717) is 25.3 Å². The van der Waals surface area contributed by atoms with Crippen molar-refractivity contribution >= 4 is 17.5 Å². The third-order valence-electron chi connectivity index (χ3n) is 4.68. The molecule has 1 heterocycles. The van der Waals surface area contributed by atoms with Gasteiger partial charge in [-0.25, -0.2) is 4.99 Å². The lowest BCUT2D eigenvalue weighted by Crippen LogP contribution is -2.41. The van der Waals surface area contributed by atoms with Gasteiger partial charge in [-0.2, -0.15) is 0 Å². The largest absolute Gasteiger partial charge is 0.484 e. The Bertz CT molecular complexity index is 855. The number of nitrogens with zero attached hydrogens (tertiary/aromatic N) is 3. The number of hydrogen-bond donors (Lipinski definition) is 0. The summed E-state index contributed by atoms with van der Waals surface area (Å²) in [6.45, 7) is 7.32. The second-order valence-electron chi connectivity index (χ2n) is 7.22. The lowest BCUT2D eigenvalue weighted by Gasteiger charge is -2.26. The summed E-state index contributed by atoms with van der Waals surface area (Å²) in [5.41, 5.74) is 3.20. The predicted octanol–water partition coefficient (Wildman–Crippen LogP) is 3.90. The van der Waals surface area contributed by atoms with Gasteiger partial charge in [0.2, 0.25) is 0 Å². The van der Waals surface area contributed by atoms with Gasteiger partial charge in [0, 0.05) is 30.3 Å². The summed E-state index contributed by atoms with van der Waals surface area (Å²) < 4.78 is 5.66. The summed E-state index contributed by atoms with van der Waals surface area (Å²) in [5, 5.41) is 0. The van der Waals surface area contributed by atoms with E-state index in [1.54, 1.807) is 0 Å². The first-order chi connectivity index (χ1) is 13.5. The van der Waals surface area contributed by atoms with E-state index in [-0.39, 0.29) is 18.6 Å². The van der Waals surface area contributed by atoms with Gasteiger partial charge in [0.05, 0.1) is 6.54 Å². The van der Waals surface area contributed by atoms with E-state index in [1.807, 2.05) is 80.3 Å². The normalized spacial score (nSPS) is 13.3. The minimum absolute atomic E-state index is 0.0154. The molecule has 3 rings (SSSR count). The van der Waals surface area contributed by atoms with E-state index >= 15 is 0 Å². The Balaban J connectivity index is 1.53. The Morgan fingerprint density at radius 3 is 2.50 bits per heavy atom. The molecule has 2 aromatic rings. The van der Waals surface area contributed by atoms with Gasteiger partial charge < -0.3 is 9.64 Å². The Kier molecular flexibility index (Phi) is 6.58. The predicted molar refractivity (Wildman–Crippen MR) is 113 cm³/mol. The highest BCUT2D eigenvalue weighted by Crippen LogP contribution is 2.13. The Labute approximate surface area is 166 Å². The van der Waals surface area contributed by atoms with Crippen molar-refractivity contribution in [2.45, 2.75) is 33.2 Å². The van der Waals surface area contributed by atoms with Crippen LogP contribution in [0.25, 0.3) is 0 Å². The van der Waals surface area contributed by atoms with Gasteiger partial charge in [0.1, 0.15) is 5.75 Å². The first-order valence-corrected chi connectivity index (χ1v) is 9.68. The number of rotatable bonds is 8. The minimum atomic E-state index is -0.0154. The summed E-state index contributed by atoms with van der Waals surface area (Å²) >= 11 is 0. The summed E-state index contributed by atoms with van der Waals surface area (Å²) in [4.78, 5) is 23.7. The molecule has 1 aliphatic rings. The fourth-order valence-electron chi connectivity index (χ4n) is 3.05. The van der Waals surface area contributed by atoms with Crippen LogP contribution in [0.4, 0.5) is 0 Å². The Morgan fingerprint density at radius 2 is 1.82 bits per heavy atom. The average Bonchev–Trinajstić information content (AvgIpc) is 3.17. The molecule has 0 spiro atoms. The highest BCUT2D eigenvalue weighted by atomic mass is 16.5. The van der Waals surface area contributed by atoms with Crippen molar-refractivity contribution in [3.05, 3.63) is 65.7 Å². The molecule has 0 aromatic heterocycles. The van der Waals surface area contributed by atoms with E-state index in [2.05, 4.69) is 9.98 Å². The zero-order valence-corrected chi connectivity index (χ0v) is 16.8. The van der Waals surface area contributed by atoms with Crippen molar-refractivity contribution in [3.63, 3.8) is 0 Å². The fraction of sp³-hybridized carbons (Fsp3) is 0.348. The van der Waals surface area contributed by atoms with Gasteiger partial charge in [0.15, 0.2) is 12.4 Å². The smallest absolute Gasteiger partial charge is 0.260 e. The van der Waals surface area contributed by atoms with Crippen molar-refractivity contribution < 1.29 is 9.53 Å². The van der Waals surface area contributed by atoms with Crippen LogP contribution in [-0.2, 0) is 4.79 Å². The van der Waals surface area contributed by atoms with E-state index in [0.717, 1.165) is 22.7 Å². The zero-order chi connectivity index (χ0) is 19.9. The molecule has 28 heavy (non-hydrogen) atoms. The van der Waals surface area contributed by atoms with Gasteiger partial charge in [-0.15, -0.1) is 0 Å². The second-order valence-corrected chi connectivity index (χ2v) is 7.22. The maximum absolute atomic E-state index is 12.6. The van der Waals surface area contributed by atoms with Crippen LogP contribution in [-0.4, -0.2) is 48.1 Å². The van der Waals surface area contributed by atoms with Crippen molar-refractivity contribution in [2.75, 3.05) is 19.7 Å². The number of amidine groups is 1. The molecule has 2 aromatic carbocycles. The lowest BCUT2D eigenvalue weighted by molar-refractivity contribution is -0.134. The monoisotopic (exact) mass is 377 g/mol. The van der Waals surface area contributed by atoms with E-state index in [4.69, 9.17) is 4.74 Å². The van der Waals surface area contributed by atoms with E-state index in [9.17, 15) is 4.79 Å². The van der Waals surface area contributed by atoms with Crippen LogP contribution in [0.5, 0.6) is 5.75 Å². The maximum atomic E-state index is 12.6. The molecule has 5 heteroatoms. The Morgan fingerprint density at radius 1 is 1.11 bits per heavy atom. The number of ether oxygens (including phenoxy) is 1. The lowest BCUT2D eigenvalue weighted by atomic mass is 10.2. The van der Waals surface area contributed by atoms with Crippen LogP contribution in [0.3, 0.4) is 0 Å². The molecule has 0 saturated carbocycles. The molecular formula is C23H27N3O2. The van der Waals surface area contributed by atoms with Gasteiger partial charge in [-0.1, -0.05) is 48.0 Å². The third kappa shape index (κ3) is 5.28.